The lowest BCUT2D eigenvalue weighted by atomic mass is 9.73. The number of aliphatic hydroxyl groups is 1. The van der Waals surface area contributed by atoms with E-state index in [0.29, 0.717) is 37.5 Å². The van der Waals surface area contributed by atoms with Gasteiger partial charge < -0.3 is 10.2 Å². The topological polar surface area (TPSA) is 60.8 Å². The minimum atomic E-state index is -1.13. The molecule has 0 amide bonds. The van der Waals surface area contributed by atoms with Gasteiger partial charge in [-0.05, 0) is 42.9 Å². The molecular weight excluding hydrogens is 362 g/mol. The maximum Gasteiger partial charge on any atom is 0.313 e. The molecule has 1 heterocycles. The number of carbonyl (C=O) groups is 1. The molecule has 3 rings (SSSR count). The van der Waals surface area contributed by atoms with Crippen LogP contribution in [-0.4, -0.2) is 40.3 Å². The summed E-state index contributed by atoms with van der Waals surface area (Å²) in [5.74, 6) is -0.910. The molecule has 1 aliphatic heterocycles. The molecule has 27 heavy (non-hydrogen) atoms. The predicted molar refractivity (Wildman–Crippen MR) is 107 cm³/mol. The second kappa shape index (κ2) is 8.87. The van der Waals surface area contributed by atoms with Crippen LogP contribution in [0.1, 0.15) is 30.4 Å². The first-order valence-electron chi connectivity index (χ1n) is 9.42. The van der Waals surface area contributed by atoms with Crippen molar-refractivity contribution in [3.8, 4) is 0 Å². The summed E-state index contributed by atoms with van der Waals surface area (Å²) < 4.78 is 0. The minimum Gasteiger partial charge on any atom is -0.481 e. The second-order valence-corrected chi connectivity index (χ2v) is 7.81. The second-order valence-electron chi connectivity index (χ2n) is 7.41. The molecule has 1 saturated heterocycles. The highest BCUT2D eigenvalue weighted by molar-refractivity contribution is 6.31. The van der Waals surface area contributed by atoms with E-state index in [1.165, 1.54) is 5.56 Å². The first-order valence-corrected chi connectivity index (χ1v) is 9.80. The summed E-state index contributed by atoms with van der Waals surface area (Å²) in [6, 6.07) is 17.7. The van der Waals surface area contributed by atoms with Crippen molar-refractivity contribution in [3.63, 3.8) is 0 Å². The summed E-state index contributed by atoms with van der Waals surface area (Å²) in [7, 11) is 0. The van der Waals surface area contributed by atoms with Gasteiger partial charge >= 0.3 is 5.97 Å². The lowest BCUT2D eigenvalue weighted by molar-refractivity contribution is -0.164. The number of aliphatic hydroxyl groups excluding tert-OH is 1. The van der Waals surface area contributed by atoms with Crippen LogP contribution in [-0.2, 0) is 17.8 Å². The highest BCUT2D eigenvalue weighted by Crippen LogP contribution is 2.37. The van der Waals surface area contributed by atoms with Gasteiger partial charge in [0, 0.05) is 24.7 Å². The van der Waals surface area contributed by atoms with Gasteiger partial charge in [-0.15, -0.1) is 0 Å². The Bertz CT molecular complexity index is 767. The molecular formula is C22H26ClNO3. The third kappa shape index (κ3) is 4.70. The van der Waals surface area contributed by atoms with E-state index in [4.69, 9.17) is 11.6 Å². The Morgan fingerprint density at radius 1 is 1.15 bits per heavy atom. The van der Waals surface area contributed by atoms with Crippen molar-refractivity contribution in [2.45, 2.75) is 38.3 Å². The average molecular weight is 388 g/mol. The number of carboxylic acid groups (broad SMARTS) is 1. The van der Waals surface area contributed by atoms with Crippen molar-refractivity contribution in [2.75, 3.05) is 13.1 Å². The highest BCUT2D eigenvalue weighted by Gasteiger charge is 2.48. The number of piperidine rings is 1. The summed E-state index contributed by atoms with van der Waals surface area (Å²) in [5.41, 5.74) is 1.05. The molecule has 144 valence electrons. The number of rotatable bonds is 7. The molecule has 0 saturated carbocycles. The Balaban J connectivity index is 1.69. The monoisotopic (exact) mass is 387 g/mol. The molecule has 4 nitrogen and oxygen atoms in total. The van der Waals surface area contributed by atoms with Crippen molar-refractivity contribution < 1.29 is 15.0 Å². The molecule has 5 heteroatoms. The van der Waals surface area contributed by atoms with Crippen molar-refractivity contribution in [1.29, 1.82) is 0 Å². The number of benzene rings is 2. The molecule has 0 radical (unpaired) electrons. The van der Waals surface area contributed by atoms with E-state index in [-0.39, 0.29) is 0 Å². The summed E-state index contributed by atoms with van der Waals surface area (Å²) in [6.45, 7) is 1.60. The molecule has 1 aliphatic rings. The minimum absolute atomic E-state index is 0.337. The van der Waals surface area contributed by atoms with Gasteiger partial charge in [-0.3, -0.25) is 9.69 Å². The van der Waals surface area contributed by atoms with E-state index in [9.17, 15) is 15.0 Å². The fourth-order valence-corrected chi connectivity index (χ4v) is 4.18. The Labute approximate surface area is 165 Å². The fraction of sp³-hybridized carbons (Fsp3) is 0.409. The van der Waals surface area contributed by atoms with Gasteiger partial charge in [0.15, 0.2) is 0 Å². The summed E-state index contributed by atoms with van der Waals surface area (Å²) >= 11 is 6.26. The van der Waals surface area contributed by atoms with Crippen molar-refractivity contribution in [1.82, 2.24) is 4.90 Å². The summed E-state index contributed by atoms with van der Waals surface area (Å²) in [6.07, 6.45) is 1.63. The van der Waals surface area contributed by atoms with Gasteiger partial charge in [0.25, 0.3) is 0 Å². The molecule has 1 fully saturated rings. The molecule has 2 atom stereocenters. The normalized spacial score (nSPS) is 23.3. The molecule has 2 N–H and O–H groups in total. The van der Waals surface area contributed by atoms with Gasteiger partial charge in [0.2, 0.25) is 0 Å². The molecule has 0 aliphatic carbocycles. The third-order valence-corrected chi connectivity index (χ3v) is 5.94. The van der Waals surface area contributed by atoms with E-state index in [0.717, 1.165) is 18.4 Å². The molecule has 0 spiro atoms. The summed E-state index contributed by atoms with van der Waals surface area (Å²) in [5, 5.41) is 21.3. The van der Waals surface area contributed by atoms with Gasteiger partial charge in [-0.25, -0.2) is 0 Å². The number of likely N-dealkylation sites (tertiary alicyclic amines) is 1. The molecule has 0 aromatic heterocycles. The van der Waals surface area contributed by atoms with Crippen LogP contribution in [0.4, 0.5) is 0 Å². The highest BCUT2D eigenvalue weighted by atomic mass is 35.5. The Kier molecular flexibility index (Phi) is 6.53. The van der Waals surface area contributed by atoms with Crippen LogP contribution in [0, 0.1) is 5.41 Å². The number of hydrogen-bond donors (Lipinski definition) is 2. The van der Waals surface area contributed by atoms with Gasteiger partial charge in [-0.2, -0.15) is 0 Å². The smallest absolute Gasteiger partial charge is 0.313 e. The van der Waals surface area contributed by atoms with Crippen molar-refractivity contribution in [2.24, 2.45) is 5.41 Å². The van der Waals surface area contributed by atoms with E-state index < -0.39 is 17.5 Å². The zero-order valence-corrected chi connectivity index (χ0v) is 16.1. The number of aliphatic carboxylic acids is 1. The number of carboxylic acids is 1. The maximum atomic E-state index is 12.2. The first kappa shape index (κ1) is 19.9. The van der Waals surface area contributed by atoms with Crippen LogP contribution in [0.2, 0.25) is 5.02 Å². The number of aryl methyl sites for hydroxylation is 1. The van der Waals surface area contributed by atoms with Crippen LogP contribution in [0.3, 0.4) is 0 Å². The quantitative estimate of drug-likeness (QED) is 0.753. The third-order valence-electron chi connectivity index (χ3n) is 5.57. The van der Waals surface area contributed by atoms with Crippen LogP contribution in [0.25, 0.3) is 0 Å². The Hall–Kier alpha value is -1.88. The van der Waals surface area contributed by atoms with Crippen LogP contribution in [0.5, 0.6) is 0 Å². The number of hydrogen-bond acceptors (Lipinski definition) is 3. The standard InChI is InChI=1S/C22H26ClNO3/c23-19-11-5-4-10-18(19)15-24-14-12-20(25)22(16-24,21(26)27)13-6-9-17-7-2-1-3-8-17/h1-5,7-8,10-11,20,25H,6,9,12-16H2,(H,26,27)/t20-,22+/m0/s1. The van der Waals surface area contributed by atoms with E-state index in [1.807, 2.05) is 42.5 Å². The van der Waals surface area contributed by atoms with Crippen LogP contribution in [0.15, 0.2) is 54.6 Å². The van der Waals surface area contributed by atoms with Gasteiger partial charge in [-0.1, -0.05) is 60.1 Å². The van der Waals surface area contributed by atoms with Crippen molar-refractivity contribution in [3.05, 3.63) is 70.7 Å². The predicted octanol–water partition coefficient (Wildman–Crippen LogP) is 4.00. The van der Waals surface area contributed by atoms with Gasteiger partial charge in [0.1, 0.15) is 5.41 Å². The van der Waals surface area contributed by atoms with Crippen LogP contribution < -0.4 is 0 Å². The van der Waals surface area contributed by atoms with E-state index in [1.54, 1.807) is 0 Å². The zero-order valence-electron chi connectivity index (χ0n) is 15.4. The van der Waals surface area contributed by atoms with Crippen LogP contribution >= 0.6 is 11.6 Å². The summed E-state index contributed by atoms with van der Waals surface area (Å²) in [4.78, 5) is 14.3. The lowest BCUT2D eigenvalue weighted by Gasteiger charge is -2.43. The van der Waals surface area contributed by atoms with E-state index >= 15 is 0 Å². The molecule has 0 unspecified atom stereocenters. The number of nitrogens with zero attached hydrogens (tertiary/aromatic N) is 1. The van der Waals surface area contributed by atoms with Gasteiger partial charge in [0.05, 0.1) is 6.10 Å². The Morgan fingerprint density at radius 2 is 1.85 bits per heavy atom. The molecule has 2 aromatic rings. The average Bonchev–Trinajstić information content (AvgIpc) is 2.67. The zero-order chi connectivity index (χ0) is 19.3. The fourth-order valence-electron chi connectivity index (χ4n) is 3.98. The SMILES string of the molecule is O=C(O)[C@]1(CCCc2ccccc2)CN(Cc2ccccc2Cl)CC[C@@H]1O. The number of halogens is 1. The van der Waals surface area contributed by atoms with Crippen molar-refractivity contribution >= 4 is 17.6 Å². The van der Waals surface area contributed by atoms with E-state index in [2.05, 4.69) is 17.0 Å². The largest absolute Gasteiger partial charge is 0.481 e. The maximum absolute atomic E-state index is 12.2. The Morgan fingerprint density at radius 3 is 2.56 bits per heavy atom. The molecule has 0 bridgehead atoms. The molecule has 2 aromatic carbocycles. The lowest BCUT2D eigenvalue weighted by Crippen LogP contribution is -2.55. The first-order chi connectivity index (χ1) is 13.0.